The van der Waals surface area contributed by atoms with E-state index in [1.165, 1.54) is 0 Å². The Kier molecular flexibility index (Phi) is 3.69. The zero-order valence-corrected chi connectivity index (χ0v) is 10.4. The topological polar surface area (TPSA) is 26.3 Å². The standard InChI is InChI=1S/C12H16O2S/c1-9(8-10-6-5-7-15-10)11(13)14-12(2,3)4/h5-8H,1-4H3. The minimum Gasteiger partial charge on any atom is -0.457 e. The van der Waals surface area contributed by atoms with E-state index in [4.69, 9.17) is 4.74 Å². The normalized spacial score (nSPS) is 12.7. The van der Waals surface area contributed by atoms with E-state index >= 15 is 0 Å². The van der Waals surface area contributed by atoms with E-state index in [0.29, 0.717) is 5.57 Å². The van der Waals surface area contributed by atoms with Crippen LogP contribution in [0.3, 0.4) is 0 Å². The summed E-state index contributed by atoms with van der Waals surface area (Å²) in [4.78, 5) is 12.7. The van der Waals surface area contributed by atoms with Crippen LogP contribution in [-0.4, -0.2) is 11.6 Å². The second kappa shape index (κ2) is 4.62. The fourth-order valence-electron chi connectivity index (χ4n) is 1.00. The molecule has 0 N–H and O–H groups in total. The van der Waals surface area contributed by atoms with E-state index in [-0.39, 0.29) is 5.97 Å². The van der Waals surface area contributed by atoms with Gasteiger partial charge in [0.1, 0.15) is 5.60 Å². The third-order valence-electron chi connectivity index (χ3n) is 1.62. The summed E-state index contributed by atoms with van der Waals surface area (Å²) in [5.74, 6) is -0.254. The summed E-state index contributed by atoms with van der Waals surface area (Å²) < 4.78 is 5.25. The molecule has 15 heavy (non-hydrogen) atoms. The van der Waals surface area contributed by atoms with Crippen molar-refractivity contribution in [1.29, 1.82) is 0 Å². The monoisotopic (exact) mass is 224 g/mol. The number of carbonyl (C=O) groups excluding carboxylic acids is 1. The molecule has 0 atom stereocenters. The van der Waals surface area contributed by atoms with Gasteiger partial charge in [-0.15, -0.1) is 11.3 Å². The molecule has 0 saturated carbocycles. The lowest BCUT2D eigenvalue weighted by Crippen LogP contribution is -2.24. The van der Waals surface area contributed by atoms with E-state index in [2.05, 4.69) is 0 Å². The van der Waals surface area contributed by atoms with Gasteiger partial charge in [0.05, 0.1) is 0 Å². The van der Waals surface area contributed by atoms with Crippen molar-refractivity contribution in [3.63, 3.8) is 0 Å². The molecule has 0 aliphatic rings. The third kappa shape index (κ3) is 4.30. The van der Waals surface area contributed by atoms with E-state index in [9.17, 15) is 4.79 Å². The van der Waals surface area contributed by atoms with E-state index in [0.717, 1.165) is 4.88 Å². The minimum atomic E-state index is -0.429. The van der Waals surface area contributed by atoms with Crippen LogP contribution in [0.15, 0.2) is 23.1 Å². The van der Waals surface area contributed by atoms with Crippen molar-refractivity contribution in [3.8, 4) is 0 Å². The van der Waals surface area contributed by atoms with E-state index < -0.39 is 5.60 Å². The Morgan fingerprint density at radius 3 is 2.60 bits per heavy atom. The van der Waals surface area contributed by atoms with Crippen molar-refractivity contribution in [1.82, 2.24) is 0 Å². The molecule has 0 spiro atoms. The second-order valence-corrected chi connectivity index (χ2v) is 5.32. The third-order valence-corrected chi connectivity index (χ3v) is 2.44. The van der Waals surface area contributed by atoms with Crippen molar-refractivity contribution < 1.29 is 9.53 Å². The van der Waals surface area contributed by atoms with E-state index in [1.807, 2.05) is 44.4 Å². The zero-order chi connectivity index (χ0) is 11.5. The maximum atomic E-state index is 11.6. The highest BCUT2D eigenvalue weighted by Crippen LogP contribution is 2.16. The lowest BCUT2D eigenvalue weighted by atomic mass is 10.2. The lowest BCUT2D eigenvalue weighted by Gasteiger charge is -2.19. The SMILES string of the molecule is CC(=Cc1cccs1)C(=O)OC(C)(C)C. The maximum Gasteiger partial charge on any atom is 0.334 e. The van der Waals surface area contributed by atoms with Crippen molar-refractivity contribution in [2.24, 2.45) is 0 Å². The van der Waals surface area contributed by atoms with Gasteiger partial charge in [-0.25, -0.2) is 4.79 Å². The van der Waals surface area contributed by atoms with Gasteiger partial charge in [0.15, 0.2) is 0 Å². The van der Waals surface area contributed by atoms with Gasteiger partial charge < -0.3 is 4.74 Å². The second-order valence-electron chi connectivity index (χ2n) is 4.34. The van der Waals surface area contributed by atoms with E-state index in [1.54, 1.807) is 18.3 Å². The molecule has 1 rings (SSSR count). The summed E-state index contributed by atoms with van der Waals surface area (Å²) >= 11 is 1.60. The van der Waals surface area contributed by atoms with Crippen LogP contribution in [0, 0.1) is 0 Å². The number of hydrogen-bond acceptors (Lipinski definition) is 3. The van der Waals surface area contributed by atoms with Crippen LogP contribution in [0.4, 0.5) is 0 Å². The molecule has 0 amide bonds. The molecule has 2 nitrogen and oxygen atoms in total. The molecular weight excluding hydrogens is 208 g/mol. The van der Waals surface area contributed by atoms with Crippen molar-refractivity contribution in [2.75, 3.05) is 0 Å². The van der Waals surface area contributed by atoms with Gasteiger partial charge >= 0.3 is 5.97 Å². The Balaban J connectivity index is 2.69. The van der Waals surface area contributed by atoms with Gasteiger partial charge in [-0.1, -0.05) is 6.07 Å². The molecule has 0 aliphatic carbocycles. The highest BCUT2D eigenvalue weighted by molar-refractivity contribution is 7.10. The molecule has 0 fully saturated rings. The molecular formula is C12H16O2S. The largest absolute Gasteiger partial charge is 0.457 e. The minimum absolute atomic E-state index is 0.254. The molecule has 3 heteroatoms. The van der Waals surface area contributed by atoms with Crippen LogP contribution in [0.1, 0.15) is 32.6 Å². The maximum absolute atomic E-state index is 11.6. The van der Waals surface area contributed by atoms with Crippen molar-refractivity contribution in [3.05, 3.63) is 28.0 Å². The first-order valence-electron chi connectivity index (χ1n) is 4.83. The summed E-state index contributed by atoms with van der Waals surface area (Å²) in [6, 6.07) is 3.93. The fourth-order valence-corrected chi connectivity index (χ4v) is 1.72. The van der Waals surface area contributed by atoms with Crippen LogP contribution < -0.4 is 0 Å². The molecule has 0 aliphatic heterocycles. The van der Waals surface area contributed by atoms with Crippen LogP contribution >= 0.6 is 11.3 Å². The van der Waals surface area contributed by atoms with Gasteiger partial charge in [0.2, 0.25) is 0 Å². The number of esters is 1. The summed E-state index contributed by atoms with van der Waals surface area (Å²) in [7, 11) is 0. The molecule has 0 bridgehead atoms. The lowest BCUT2D eigenvalue weighted by molar-refractivity contribution is -0.149. The number of carbonyl (C=O) groups is 1. The summed E-state index contributed by atoms with van der Waals surface area (Å²) in [5.41, 5.74) is 0.203. The van der Waals surface area contributed by atoms with Crippen LogP contribution in [-0.2, 0) is 9.53 Å². The number of rotatable bonds is 2. The number of thiophene rings is 1. The number of hydrogen-bond donors (Lipinski definition) is 0. The summed E-state index contributed by atoms with van der Waals surface area (Å²) in [6.07, 6.45) is 1.85. The Morgan fingerprint density at radius 2 is 2.13 bits per heavy atom. The molecule has 82 valence electrons. The molecule has 0 radical (unpaired) electrons. The quantitative estimate of drug-likeness (QED) is 0.567. The smallest absolute Gasteiger partial charge is 0.334 e. The first-order valence-corrected chi connectivity index (χ1v) is 5.71. The molecule has 1 aromatic rings. The molecule has 0 unspecified atom stereocenters. The van der Waals surface area contributed by atoms with Gasteiger partial charge in [-0.3, -0.25) is 0 Å². The van der Waals surface area contributed by atoms with Gasteiger partial charge in [-0.05, 0) is 45.2 Å². The Bertz CT molecular complexity index is 355. The Hall–Kier alpha value is -1.09. The highest BCUT2D eigenvalue weighted by Gasteiger charge is 2.17. The molecule has 1 aromatic heterocycles. The average molecular weight is 224 g/mol. The van der Waals surface area contributed by atoms with Crippen LogP contribution in [0.2, 0.25) is 0 Å². The Labute approximate surface area is 94.6 Å². The average Bonchev–Trinajstić information content (AvgIpc) is 2.53. The fraction of sp³-hybridized carbons (Fsp3) is 0.417. The number of ether oxygens (including phenoxy) is 1. The van der Waals surface area contributed by atoms with Crippen molar-refractivity contribution in [2.45, 2.75) is 33.3 Å². The zero-order valence-electron chi connectivity index (χ0n) is 9.53. The first-order chi connectivity index (χ1) is 6.88. The van der Waals surface area contributed by atoms with Crippen LogP contribution in [0.5, 0.6) is 0 Å². The summed E-state index contributed by atoms with van der Waals surface area (Å²) in [6.45, 7) is 7.36. The summed E-state index contributed by atoms with van der Waals surface area (Å²) in [5, 5.41) is 1.98. The first kappa shape index (κ1) is 12.0. The molecule has 0 saturated heterocycles. The predicted octanol–water partition coefficient (Wildman–Crippen LogP) is 3.49. The predicted molar refractivity (Wildman–Crippen MR) is 63.8 cm³/mol. The highest BCUT2D eigenvalue weighted by atomic mass is 32.1. The van der Waals surface area contributed by atoms with Crippen molar-refractivity contribution >= 4 is 23.4 Å². The van der Waals surface area contributed by atoms with Gasteiger partial charge in [0, 0.05) is 10.5 Å². The van der Waals surface area contributed by atoms with Gasteiger partial charge in [-0.2, -0.15) is 0 Å². The molecule has 1 heterocycles. The Morgan fingerprint density at radius 1 is 1.47 bits per heavy atom. The van der Waals surface area contributed by atoms with Crippen LogP contribution in [0.25, 0.3) is 6.08 Å². The van der Waals surface area contributed by atoms with Gasteiger partial charge in [0.25, 0.3) is 0 Å². The molecule has 0 aromatic carbocycles.